The van der Waals surface area contributed by atoms with E-state index in [4.69, 9.17) is 4.79 Å². The molecule has 0 spiro atoms. The maximum Gasteiger partial charge on any atom is 1.00 e. The molecule has 0 atom stereocenters. The summed E-state index contributed by atoms with van der Waals surface area (Å²) in [4.78, 5) is 8.00. The van der Waals surface area contributed by atoms with E-state index in [2.05, 4.69) is 13.8 Å². The number of unbranched alkanes of at least 4 members (excludes halogenated alkanes) is 1. The van der Waals surface area contributed by atoms with Crippen molar-refractivity contribution in [3.63, 3.8) is 0 Å². The van der Waals surface area contributed by atoms with Crippen LogP contribution in [-0.4, -0.2) is 6.79 Å². The van der Waals surface area contributed by atoms with Gasteiger partial charge in [-0.25, -0.2) is 0 Å². The Morgan fingerprint density at radius 1 is 1.57 bits per heavy atom. The zero-order valence-electron chi connectivity index (χ0n) is 5.24. The van der Waals surface area contributed by atoms with Crippen LogP contribution in [0.1, 0.15) is 19.8 Å². The van der Waals surface area contributed by atoms with Crippen LogP contribution >= 0.6 is 0 Å². The predicted octanol–water partition coefficient (Wildman–Crippen LogP) is -1.56. The summed E-state index contributed by atoms with van der Waals surface area (Å²) >= 11 is 0. The molecule has 0 fully saturated rings. The molecule has 0 radical (unpaired) electrons. The Hall–Kier alpha value is 0.267. The van der Waals surface area contributed by atoms with Gasteiger partial charge in [-0.15, -0.1) is 0 Å². The summed E-state index contributed by atoms with van der Waals surface area (Å²) in [6.45, 7) is 7.72. The van der Waals surface area contributed by atoms with Crippen LogP contribution in [0.4, 0.5) is 0 Å². The van der Waals surface area contributed by atoms with Gasteiger partial charge in [-0.3, -0.25) is 0 Å². The van der Waals surface area contributed by atoms with Crippen molar-refractivity contribution in [2.24, 2.45) is 0 Å². The molecular formula is C5H11LiO. The molecule has 0 amide bonds. The van der Waals surface area contributed by atoms with E-state index in [0.29, 0.717) is 0 Å². The maximum atomic E-state index is 8.00. The molecule has 2 heteroatoms. The summed E-state index contributed by atoms with van der Waals surface area (Å²) in [6, 6.07) is 0. The SMILES string of the molecule is C=O.[CH2-]CCC.[Li+]. The largest absolute Gasteiger partial charge is 1.00 e. The first-order chi connectivity index (χ1) is 2.91. The van der Waals surface area contributed by atoms with Gasteiger partial charge in [0.15, 0.2) is 0 Å². The fraction of sp³-hybridized carbons (Fsp3) is 0.600. The van der Waals surface area contributed by atoms with E-state index in [1.54, 1.807) is 0 Å². The fourth-order valence-corrected chi connectivity index (χ4v) is 0. The van der Waals surface area contributed by atoms with Crippen molar-refractivity contribution in [1.29, 1.82) is 0 Å². The number of carbonyl (C=O) groups excluding carboxylic acids is 1. The minimum absolute atomic E-state index is 0. The summed E-state index contributed by atoms with van der Waals surface area (Å²) in [5.41, 5.74) is 0. The van der Waals surface area contributed by atoms with Crippen molar-refractivity contribution >= 4 is 6.79 Å². The van der Waals surface area contributed by atoms with Gasteiger partial charge < -0.3 is 11.7 Å². The third kappa shape index (κ3) is 71.1. The second-order valence-electron chi connectivity index (χ2n) is 0.854. The molecule has 0 heterocycles. The third-order valence-corrected chi connectivity index (χ3v) is 0.354. The van der Waals surface area contributed by atoms with Crippen molar-refractivity contribution in [3.8, 4) is 0 Å². The number of hydrogen-bond donors (Lipinski definition) is 0. The minimum atomic E-state index is 0. The molecule has 0 aliphatic heterocycles. The molecule has 38 valence electrons. The molecule has 1 nitrogen and oxygen atoms in total. The van der Waals surface area contributed by atoms with Gasteiger partial charge in [0.2, 0.25) is 0 Å². The van der Waals surface area contributed by atoms with Gasteiger partial charge in [-0.2, -0.15) is 6.42 Å². The van der Waals surface area contributed by atoms with Crippen LogP contribution in [0.25, 0.3) is 0 Å². The van der Waals surface area contributed by atoms with E-state index in [1.165, 1.54) is 6.42 Å². The van der Waals surface area contributed by atoms with Gasteiger partial charge in [0.1, 0.15) is 6.79 Å². The average molecular weight is 94.1 g/mol. The molecule has 0 aliphatic carbocycles. The second-order valence-corrected chi connectivity index (χ2v) is 0.854. The molecule has 0 aromatic heterocycles. The molecule has 0 saturated carbocycles. The van der Waals surface area contributed by atoms with Crippen LogP contribution in [0, 0.1) is 6.92 Å². The second kappa shape index (κ2) is 33.8. The van der Waals surface area contributed by atoms with Gasteiger partial charge in [0.25, 0.3) is 0 Å². The van der Waals surface area contributed by atoms with Crippen molar-refractivity contribution in [2.45, 2.75) is 19.8 Å². The molecule has 0 aromatic rings. The summed E-state index contributed by atoms with van der Waals surface area (Å²) in [5, 5.41) is 0. The van der Waals surface area contributed by atoms with Crippen molar-refractivity contribution in [3.05, 3.63) is 6.92 Å². The monoisotopic (exact) mass is 94.1 g/mol. The van der Waals surface area contributed by atoms with Crippen molar-refractivity contribution < 1.29 is 23.7 Å². The van der Waals surface area contributed by atoms with Crippen LogP contribution in [0.3, 0.4) is 0 Å². The number of hydrogen-bond acceptors (Lipinski definition) is 1. The smallest absolute Gasteiger partial charge is 0.343 e. The summed E-state index contributed by atoms with van der Waals surface area (Å²) < 4.78 is 0. The molecule has 0 aromatic carbocycles. The topological polar surface area (TPSA) is 17.1 Å². The molecular weight excluding hydrogens is 83.0 g/mol. The first-order valence-corrected chi connectivity index (χ1v) is 2.00. The normalized spacial score (nSPS) is 4.86. The first-order valence-electron chi connectivity index (χ1n) is 2.00. The van der Waals surface area contributed by atoms with Crippen LogP contribution in [-0.2, 0) is 4.79 Å². The van der Waals surface area contributed by atoms with E-state index >= 15 is 0 Å². The van der Waals surface area contributed by atoms with E-state index in [9.17, 15) is 0 Å². The van der Waals surface area contributed by atoms with Crippen LogP contribution in [0.15, 0.2) is 0 Å². The van der Waals surface area contributed by atoms with Gasteiger partial charge in [0, 0.05) is 0 Å². The van der Waals surface area contributed by atoms with Crippen LogP contribution < -0.4 is 18.9 Å². The quantitative estimate of drug-likeness (QED) is 0.284. The van der Waals surface area contributed by atoms with E-state index < -0.39 is 0 Å². The Labute approximate surface area is 57.7 Å². The fourth-order valence-electron chi connectivity index (χ4n) is 0. The Kier molecular flexibility index (Phi) is 75.7. The molecule has 0 aliphatic rings. The average Bonchev–Trinajstić information content (AvgIpc) is 1.72. The van der Waals surface area contributed by atoms with Crippen molar-refractivity contribution in [1.82, 2.24) is 0 Å². The van der Waals surface area contributed by atoms with E-state index in [1.807, 2.05) is 6.79 Å². The molecule has 7 heavy (non-hydrogen) atoms. The zero-order chi connectivity index (χ0) is 5.41. The molecule has 0 rings (SSSR count). The Bertz CT molecular complexity index is 15.6. The predicted molar refractivity (Wildman–Crippen MR) is 27.4 cm³/mol. The number of carbonyl (C=O) groups is 1. The minimum Gasteiger partial charge on any atom is -0.343 e. The summed E-state index contributed by atoms with van der Waals surface area (Å²) in [7, 11) is 0. The molecule has 0 saturated heterocycles. The van der Waals surface area contributed by atoms with Crippen molar-refractivity contribution in [2.75, 3.05) is 0 Å². The van der Waals surface area contributed by atoms with Gasteiger partial charge in [-0.1, -0.05) is 13.3 Å². The summed E-state index contributed by atoms with van der Waals surface area (Å²) in [6.07, 6.45) is 2.28. The Morgan fingerprint density at radius 3 is 1.71 bits per heavy atom. The standard InChI is InChI=1S/C4H9.CH2O.Li/c1-3-4-2;1-2;/h1,3-4H2,2H3;1H2;/q-1;;+1. The Balaban J connectivity index is -0.0000000480. The van der Waals surface area contributed by atoms with Gasteiger partial charge in [-0.05, 0) is 0 Å². The van der Waals surface area contributed by atoms with Gasteiger partial charge in [0.05, 0.1) is 0 Å². The van der Waals surface area contributed by atoms with Crippen LogP contribution in [0.2, 0.25) is 0 Å². The first kappa shape index (κ1) is 15.7. The molecule has 0 bridgehead atoms. The zero-order valence-corrected chi connectivity index (χ0v) is 5.24. The van der Waals surface area contributed by atoms with E-state index in [0.717, 1.165) is 6.42 Å². The van der Waals surface area contributed by atoms with E-state index in [-0.39, 0.29) is 18.9 Å². The molecule has 0 N–H and O–H groups in total. The number of rotatable bonds is 1. The van der Waals surface area contributed by atoms with Gasteiger partial charge >= 0.3 is 18.9 Å². The third-order valence-electron chi connectivity index (χ3n) is 0.354. The molecule has 0 unspecified atom stereocenters. The maximum absolute atomic E-state index is 8.00. The summed E-state index contributed by atoms with van der Waals surface area (Å²) in [5.74, 6) is 0. The Morgan fingerprint density at radius 2 is 1.71 bits per heavy atom. The van der Waals surface area contributed by atoms with Crippen LogP contribution in [0.5, 0.6) is 0 Å².